The zero-order valence-corrected chi connectivity index (χ0v) is 16.4. The molecule has 1 unspecified atom stereocenters. The van der Waals surface area contributed by atoms with Crippen LogP contribution in [0.15, 0.2) is 35.7 Å². The monoisotopic (exact) mass is 389 g/mol. The van der Waals surface area contributed by atoms with Gasteiger partial charge in [0.05, 0.1) is 0 Å². The Morgan fingerprint density at radius 1 is 1.19 bits per heavy atom. The van der Waals surface area contributed by atoms with Gasteiger partial charge in [0.25, 0.3) is 0 Å². The molecule has 0 saturated heterocycles. The van der Waals surface area contributed by atoms with E-state index in [4.69, 9.17) is 16.3 Å². The van der Waals surface area contributed by atoms with Gasteiger partial charge in [0, 0.05) is 23.0 Å². The van der Waals surface area contributed by atoms with Gasteiger partial charge in [-0.15, -0.1) is 11.3 Å². The number of hydrogen-bond donors (Lipinski definition) is 0. The van der Waals surface area contributed by atoms with Gasteiger partial charge in [0.2, 0.25) is 0 Å². The first kappa shape index (κ1) is 18.0. The summed E-state index contributed by atoms with van der Waals surface area (Å²) in [6.45, 7) is 1.62. The van der Waals surface area contributed by atoms with Gasteiger partial charge < -0.3 is 4.74 Å². The number of nitrogens with zero attached hydrogens (tertiary/aromatic N) is 1. The number of carbonyl (C=O) groups excluding carboxylic acids is 1. The molecule has 2 heterocycles. The summed E-state index contributed by atoms with van der Waals surface area (Å²) in [5.74, 6) is -0.149. The van der Waals surface area contributed by atoms with Crippen molar-refractivity contribution in [3.63, 3.8) is 0 Å². The van der Waals surface area contributed by atoms with Gasteiger partial charge >= 0.3 is 5.97 Å². The highest BCUT2D eigenvalue weighted by molar-refractivity contribution is 7.10. The van der Waals surface area contributed by atoms with Crippen molar-refractivity contribution in [2.24, 2.45) is 0 Å². The lowest BCUT2D eigenvalue weighted by Crippen LogP contribution is -2.40. The molecule has 1 atom stereocenters. The van der Waals surface area contributed by atoms with Crippen molar-refractivity contribution < 1.29 is 9.53 Å². The molecular formula is C21H24ClNO2S. The topological polar surface area (TPSA) is 29.5 Å². The lowest BCUT2D eigenvalue weighted by atomic mass is 9.97. The average Bonchev–Trinajstić information content (AvgIpc) is 3.12. The van der Waals surface area contributed by atoms with Crippen LogP contribution >= 0.6 is 22.9 Å². The quantitative estimate of drug-likeness (QED) is 0.657. The van der Waals surface area contributed by atoms with Crippen LogP contribution in [0.5, 0.6) is 0 Å². The highest BCUT2D eigenvalue weighted by Gasteiger charge is 2.34. The summed E-state index contributed by atoms with van der Waals surface area (Å²) in [5.41, 5.74) is 2.18. The molecule has 0 radical (unpaired) electrons. The van der Waals surface area contributed by atoms with Crippen molar-refractivity contribution in [2.45, 2.75) is 57.2 Å². The largest absolute Gasteiger partial charge is 0.461 e. The standard InChI is InChI=1S/C21H24ClNO2S/c22-18-9-5-4-8-17(18)20(21(24)25-16-6-2-1-3-7-16)23-12-10-19-15(14-23)11-13-26-19/h4-5,8-9,11,13,16,20H,1-3,6-7,10,12,14H2. The molecule has 26 heavy (non-hydrogen) atoms. The molecule has 2 aliphatic rings. The first-order chi connectivity index (χ1) is 12.7. The molecule has 0 amide bonds. The molecular weight excluding hydrogens is 366 g/mol. The molecule has 1 aromatic heterocycles. The minimum Gasteiger partial charge on any atom is -0.461 e. The number of carbonyl (C=O) groups is 1. The number of fused-ring (bicyclic) bond motifs is 1. The predicted octanol–water partition coefficient (Wildman–Crippen LogP) is 5.38. The third-order valence-corrected chi connectivity index (χ3v) is 6.83. The van der Waals surface area contributed by atoms with E-state index in [-0.39, 0.29) is 12.1 Å². The van der Waals surface area contributed by atoms with E-state index in [1.807, 2.05) is 24.3 Å². The van der Waals surface area contributed by atoms with E-state index in [0.717, 1.165) is 50.8 Å². The van der Waals surface area contributed by atoms with Crippen molar-refractivity contribution in [1.82, 2.24) is 4.90 Å². The van der Waals surface area contributed by atoms with E-state index < -0.39 is 6.04 Å². The van der Waals surface area contributed by atoms with Crippen LogP contribution in [-0.2, 0) is 22.5 Å². The number of halogens is 1. The maximum Gasteiger partial charge on any atom is 0.328 e. The zero-order chi connectivity index (χ0) is 17.9. The highest BCUT2D eigenvalue weighted by atomic mass is 35.5. The van der Waals surface area contributed by atoms with Crippen molar-refractivity contribution >= 4 is 28.9 Å². The fraction of sp³-hybridized carbons (Fsp3) is 0.476. The van der Waals surface area contributed by atoms with Gasteiger partial charge in [0.15, 0.2) is 0 Å². The van der Waals surface area contributed by atoms with E-state index in [1.165, 1.54) is 16.9 Å². The Morgan fingerprint density at radius 3 is 2.81 bits per heavy atom. The fourth-order valence-corrected chi connectivity index (χ4v) is 5.20. The molecule has 138 valence electrons. The van der Waals surface area contributed by atoms with Crippen molar-refractivity contribution in [3.8, 4) is 0 Å². The summed E-state index contributed by atoms with van der Waals surface area (Å²) in [5, 5.41) is 2.77. The number of esters is 1. The first-order valence-corrected chi connectivity index (χ1v) is 10.7. The molecule has 1 aliphatic carbocycles. The minimum atomic E-state index is -0.432. The van der Waals surface area contributed by atoms with Crippen LogP contribution < -0.4 is 0 Å². The molecule has 0 spiro atoms. The second kappa shape index (κ2) is 8.12. The van der Waals surface area contributed by atoms with Crippen molar-refractivity contribution in [1.29, 1.82) is 0 Å². The highest BCUT2D eigenvalue weighted by Crippen LogP contribution is 2.35. The van der Waals surface area contributed by atoms with Gasteiger partial charge in [-0.2, -0.15) is 0 Å². The Balaban J connectivity index is 1.59. The Hall–Kier alpha value is -1.36. The van der Waals surface area contributed by atoms with E-state index in [2.05, 4.69) is 16.3 Å². The number of ether oxygens (including phenoxy) is 1. The van der Waals surface area contributed by atoms with Gasteiger partial charge in [-0.1, -0.05) is 36.2 Å². The van der Waals surface area contributed by atoms with Crippen LogP contribution in [-0.4, -0.2) is 23.5 Å². The molecule has 3 nitrogen and oxygen atoms in total. The van der Waals surface area contributed by atoms with E-state index in [9.17, 15) is 4.79 Å². The summed E-state index contributed by atoms with van der Waals surface area (Å²) in [4.78, 5) is 16.8. The lowest BCUT2D eigenvalue weighted by molar-refractivity contribution is -0.158. The third kappa shape index (κ3) is 3.83. The number of benzene rings is 1. The van der Waals surface area contributed by atoms with E-state index >= 15 is 0 Å². The lowest BCUT2D eigenvalue weighted by Gasteiger charge is -2.35. The van der Waals surface area contributed by atoms with Crippen molar-refractivity contribution in [2.75, 3.05) is 6.54 Å². The first-order valence-electron chi connectivity index (χ1n) is 9.46. The van der Waals surface area contributed by atoms with Crippen LogP contribution in [0.2, 0.25) is 5.02 Å². The third-order valence-electron chi connectivity index (χ3n) is 5.46. The predicted molar refractivity (Wildman–Crippen MR) is 106 cm³/mol. The number of thiophene rings is 1. The number of rotatable bonds is 4. The van der Waals surface area contributed by atoms with Crippen LogP contribution in [0.25, 0.3) is 0 Å². The Morgan fingerprint density at radius 2 is 2.00 bits per heavy atom. The van der Waals surface area contributed by atoms with E-state index in [1.54, 1.807) is 11.3 Å². The molecule has 0 bridgehead atoms. The molecule has 1 aliphatic heterocycles. The SMILES string of the molecule is O=C(OC1CCCCC1)C(c1ccccc1Cl)N1CCc2sccc2C1. The number of hydrogen-bond acceptors (Lipinski definition) is 4. The summed E-state index contributed by atoms with van der Waals surface area (Å²) in [6.07, 6.45) is 6.54. The molecule has 0 N–H and O–H groups in total. The maximum atomic E-state index is 13.2. The molecule has 1 saturated carbocycles. The summed E-state index contributed by atoms with van der Waals surface area (Å²) in [6, 6.07) is 9.40. The second-order valence-electron chi connectivity index (χ2n) is 7.21. The van der Waals surface area contributed by atoms with Gasteiger partial charge in [0.1, 0.15) is 12.1 Å². The normalized spacial score (nSPS) is 19.7. The van der Waals surface area contributed by atoms with Crippen LogP contribution in [0.1, 0.15) is 54.1 Å². The van der Waals surface area contributed by atoms with Crippen LogP contribution in [0.4, 0.5) is 0 Å². The molecule has 4 rings (SSSR count). The second-order valence-corrected chi connectivity index (χ2v) is 8.62. The molecule has 2 aromatic rings. The Bertz CT molecular complexity index is 769. The molecule has 5 heteroatoms. The Labute approximate surface area is 163 Å². The fourth-order valence-electron chi connectivity index (χ4n) is 4.07. The maximum absolute atomic E-state index is 13.2. The smallest absolute Gasteiger partial charge is 0.328 e. The summed E-state index contributed by atoms with van der Waals surface area (Å²) in [7, 11) is 0. The average molecular weight is 390 g/mol. The molecule has 1 aromatic carbocycles. The Kier molecular flexibility index (Phi) is 5.63. The zero-order valence-electron chi connectivity index (χ0n) is 14.8. The van der Waals surface area contributed by atoms with Gasteiger partial charge in [-0.05, 0) is 60.7 Å². The van der Waals surface area contributed by atoms with Crippen LogP contribution in [0.3, 0.4) is 0 Å². The summed E-state index contributed by atoms with van der Waals surface area (Å²) >= 11 is 8.28. The van der Waals surface area contributed by atoms with Crippen molar-refractivity contribution in [3.05, 3.63) is 56.7 Å². The van der Waals surface area contributed by atoms with Gasteiger partial charge in [-0.3, -0.25) is 4.90 Å². The minimum absolute atomic E-state index is 0.0581. The van der Waals surface area contributed by atoms with Crippen LogP contribution in [0, 0.1) is 0 Å². The van der Waals surface area contributed by atoms with E-state index in [0.29, 0.717) is 5.02 Å². The molecule has 1 fully saturated rings. The van der Waals surface area contributed by atoms with Gasteiger partial charge in [-0.25, -0.2) is 4.79 Å². The summed E-state index contributed by atoms with van der Waals surface area (Å²) < 4.78 is 5.95.